The summed E-state index contributed by atoms with van der Waals surface area (Å²) in [7, 11) is 1.63. The van der Waals surface area contributed by atoms with E-state index in [1.807, 2.05) is 89.8 Å². The first kappa shape index (κ1) is 19.3. The van der Waals surface area contributed by atoms with Gasteiger partial charge in [-0.05, 0) is 35.4 Å². The Morgan fingerprint density at radius 1 is 0.931 bits per heavy atom. The molecule has 3 aromatic carbocycles. The molecule has 1 aliphatic rings. The first-order chi connectivity index (χ1) is 14.2. The highest BCUT2D eigenvalue weighted by molar-refractivity contribution is 9.11. The number of amides is 1. The summed E-state index contributed by atoms with van der Waals surface area (Å²) < 4.78 is 6.10. The number of nitrogens with zero attached hydrogens (tertiary/aromatic N) is 1. The van der Waals surface area contributed by atoms with Crippen LogP contribution in [0.5, 0.6) is 5.75 Å². The van der Waals surface area contributed by atoms with E-state index in [0.717, 1.165) is 27.0 Å². The molecule has 3 aromatic rings. The van der Waals surface area contributed by atoms with Crippen LogP contribution in [0.3, 0.4) is 0 Å². The van der Waals surface area contributed by atoms with Gasteiger partial charge in [0.1, 0.15) is 11.4 Å². The van der Waals surface area contributed by atoms with E-state index < -0.39 is 0 Å². The van der Waals surface area contributed by atoms with Crippen LogP contribution in [-0.4, -0.2) is 13.0 Å². The first-order valence-electron chi connectivity index (χ1n) is 9.39. The molecule has 0 bridgehead atoms. The van der Waals surface area contributed by atoms with Crippen LogP contribution in [0.25, 0.3) is 0 Å². The Hall–Kier alpha value is -3.05. The lowest BCUT2D eigenvalue weighted by atomic mass is 10.1. The number of hydrogen-bond donors (Lipinski definition) is 1. The molecular weight excluding hydrogens is 428 g/mol. The maximum atomic E-state index is 13.4. The van der Waals surface area contributed by atoms with Gasteiger partial charge in [-0.25, -0.2) is 0 Å². The number of carbonyl (C=O) groups excluding carboxylic acids is 1. The molecule has 0 aliphatic carbocycles. The average molecular weight is 449 g/mol. The molecule has 0 saturated heterocycles. The van der Waals surface area contributed by atoms with E-state index in [1.54, 1.807) is 7.11 Å². The van der Waals surface area contributed by atoms with Crippen LogP contribution in [0.15, 0.2) is 95.1 Å². The molecule has 0 fully saturated rings. The molecule has 5 heteroatoms. The summed E-state index contributed by atoms with van der Waals surface area (Å²) in [6.07, 6.45) is 0. The Balaban J connectivity index is 1.69. The summed E-state index contributed by atoms with van der Waals surface area (Å²) in [5, 5.41) is 3.34. The summed E-state index contributed by atoms with van der Waals surface area (Å²) in [6, 6.07) is 27.4. The van der Waals surface area contributed by atoms with E-state index in [4.69, 9.17) is 4.74 Å². The van der Waals surface area contributed by atoms with Crippen LogP contribution in [-0.2, 0) is 11.3 Å². The van der Waals surface area contributed by atoms with Crippen molar-refractivity contribution in [2.24, 2.45) is 0 Å². The average Bonchev–Trinajstić information content (AvgIpc) is 3.03. The van der Waals surface area contributed by atoms with E-state index in [-0.39, 0.29) is 11.9 Å². The Morgan fingerprint density at radius 2 is 1.55 bits per heavy atom. The molecule has 1 heterocycles. The quantitative estimate of drug-likeness (QED) is 0.564. The van der Waals surface area contributed by atoms with Crippen molar-refractivity contribution >= 4 is 27.5 Å². The fraction of sp³-hybridized carbons (Fsp3) is 0.125. The van der Waals surface area contributed by atoms with Gasteiger partial charge in [-0.3, -0.25) is 9.69 Å². The number of ether oxygens (including phenoxy) is 1. The molecule has 1 aliphatic heterocycles. The molecular formula is C24H21BrN2O2. The van der Waals surface area contributed by atoms with Crippen LogP contribution in [0.2, 0.25) is 0 Å². The van der Waals surface area contributed by atoms with Crippen molar-refractivity contribution in [1.29, 1.82) is 0 Å². The molecule has 0 spiro atoms. The zero-order valence-electron chi connectivity index (χ0n) is 16.0. The first-order valence-corrected chi connectivity index (χ1v) is 10.2. The molecule has 0 saturated carbocycles. The fourth-order valence-electron chi connectivity index (χ4n) is 3.48. The normalized spacial score (nSPS) is 16.3. The van der Waals surface area contributed by atoms with Crippen LogP contribution >= 0.6 is 15.9 Å². The predicted molar refractivity (Wildman–Crippen MR) is 119 cm³/mol. The van der Waals surface area contributed by atoms with Crippen molar-refractivity contribution in [1.82, 2.24) is 5.32 Å². The zero-order valence-corrected chi connectivity index (χ0v) is 17.6. The van der Waals surface area contributed by atoms with Crippen LogP contribution in [0.1, 0.15) is 17.2 Å². The largest absolute Gasteiger partial charge is 0.497 e. The third kappa shape index (κ3) is 3.91. The van der Waals surface area contributed by atoms with E-state index in [9.17, 15) is 4.79 Å². The molecule has 146 valence electrons. The fourth-order valence-corrected chi connectivity index (χ4v) is 4.26. The number of rotatable bonds is 6. The van der Waals surface area contributed by atoms with Gasteiger partial charge in [0.25, 0.3) is 5.91 Å². The molecule has 1 amide bonds. The summed E-state index contributed by atoms with van der Waals surface area (Å²) in [5.74, 6) is 0.693. The van der Waals surface area contributed by atoms with E-state index in [0.29, 0.717) is 12.2 Å². The van der Waals surface area contributed by atoms with Crippen LogP contribution in [0.4, 0.5) is 5.69 Å². The SMILES string of the molecule is COc1ccc(N2C(=O)C(NCc3ccccc3)=C(Br)C2c2ccccc2)cc1. The van der Waals surface area contributed by atoms with Crippen molar-refractivity contribution in [2.75, 3.05) is 12.0 Å². The highest BCUT2D eigenvalue weighted by atomic mass is 79.9. The second-order valence-corrected chi connectivity index (χ2v) is 7.60. The number of hydrogen-bond acceptors (Lipinski definition) is 3. The van der Waals surface area contributed by atoms with Crippen molar-refractivity contribution in [3.63, 3.8) is 0 Å². The van der Waals surface area contributed by atoms with Gasteiger partial charge < -0.3 is 10.1 Å². The summed E-state index contributed by atoms with van der Waals surface area (Å²) in [4.78, 5) is 15.2. The Kier molecular flexibility index (Phi) is 5.67. The molecule has 1 atom stereocenters. The summed E-state index contributed by atoms with van der Waals surface area (Å²) in [6.45, 7) is 0.578. The Morgan fingerprint density at radius 3 is 2.17 bits per heavy atom. The van der Waals surface area contributed by atoms with Gasteiger partial charge in [0.05, 0.1) is 17.6 Å². The topological polar surface area (TPSA) is 41.6 Å². The molecule has 0 aromatic heterocycles. The molecule has 4 rings (SSSR count). The molecule has 0 radical (unpaired) electrons. The van der Waals surface area contributed by atoms with E-state index >= 15 is 0 Å². The minimum Gasteiger partial charge on any atom is -0.497 e. The number of methoxy groups -OCH3 is 1. The Labute approximate surface area is 178 Å². The minimum atomic E-state index is -0.227. The Bertz CT molecular complexity index is 1020. The smallest absolute Gasteiger partial charge is 0.276 e. The van der Waals surface area contributed by atoms with Gasteiger partial charge in [-0.1, -0.05) is 76.6 Å². The second kappa shape index (κ2) is 8.53. The van der Waals surface area contributed by atoms with Gasteiger partial charge in [0.2, 0.25) is 0 Å². The maximum Gasteiger partial charge on any atom is 0.276 e. The number of halogens is 1. The molecule has 1 N–H and O–H groups in total. The third-order valence-corrected chi connectivity index (χ3v) is 5.78. The summed E-state index contributed by atoms with van der Waals surface area (Å²) >= 11 is 3.72. The molecule has 1 unspecified atom stereocenters. The second-order valence-electron chi connectivity index (χ2n) is 6.75. The van der Waals surface area contributed by atoms with Crippen molar-refractivity contribution in [3.8, 4) is 5.75 Å². The highest BCUT2D eigenvalue weighted by Crippen LogP contribution is 2.43. The number of benzene rings is 3. The molecule has 29 heavy (non-hydrogen) atoms. The number of carbonyl (C=O) groups is 1. The minimum absolute atomic E-state index is 0.0631. The van der Waals surface area contributed by atoms with E-state index in [2.05, 4.69) is 21.2 Å². The van der Waals surface area contributed by atoms with Crippen molar-refractivity contribution < 1.29 is 9.53 Å². The number of nitrogens with one attached hydrogen (secondary N) is 1. The maximum absolute atomic E-state index is 13.4. The standard InChI is InChI=1S/C24H21BrN2O2/c1-29-20-14-12-19(13-15-20)27-23(18-10-6-3-7-11-18)21(25)22(24(27)28)26-16-17-8-4-2-5-9-17/h2-15,23,26H,16H2,1H3. The lowest BCUT2D eigenvalue weighted by Gasteiger charge is -2.26. The summed E-state index contributed by atoms with van der Waals surface area (Å²) in [5.41, 5.74) is 3.56. The third-order valence-electron chi connectivity index (χ3n) is 4.95. The van der Waals surface area contributed by atoms with Crippen LogP contribution < -0.4 is 15.0 Å². The van der Waals surface area contributed by atoms with Crippen molar-refractivity contribution in [2.45, 2.75) is 12.6 Å². The lowest BCUT2D eigenvalue weighted by Crippen LogP contribution is -2.32. The number of anilines is 1. The zero-order chi connectivity index (χ0) is 20.2. The van der Waals surface area contributed by atoms with E-state index in [1.165, 1.54) is 0 Å². The monoisotopic (exact) mass is 448 g/mol. The van der Waals surface area contributed by atoms with Gasteiger partial charge >= 0.3 is 0 Å². The van der Waals surface area contributed by atoms with Gasteiger partial charge in [0, 0.05) is 12.2 Å². The highest BCUT2D eigenvalue weighted by Gasteiger charge is 2.40. The van der Waals surface area contributed by atoms with Gasteiger partial charge in [0.15, 0.2) is 0 Å². The van der Waals surface area contributed by atoms with Crippen molar-refractivity contribution in [3.05, 3.63) is 106 Å². The van der Waals surface area contributed by atoms with Gasteiger partial charge in [-0.2, -0.15) is 0 Å². The van der Waals surface area contributed by atoms with Gasteiger partial charge in [-0.15, -0.1) is 0 Å². The van der Waals surface area contributed by atoms with Crippen LogP contribution in [0, 0.1) is 0 Å². The lowest BCUT2D eigenvalue weighted by molar-refractivity contribution is -0.115. The molecule has 4 nitrogen and oxygen atoms in total. The predicted octanol–water partition coefficient (Wildman–Crippen LogP) is 5.18.